The number of carbonyl (C=O) groups is 4. The number of carbonyl (C=O) groups excluding carboxylic acids is 4. The van der Waals surface area contributed by atoms with E-state index in [1.165, 1.54) is 12.1 Å². The van der Waals surface area contributed by atoms with Gasteiger partial charge in [-0.2, -0.15) is 0 Å². The van der Waals surface area contributed by atoms with E-state index >= 15 is 0 Å². The second-order valence-electron chi connectivity index (χ2n) is 8.90. The fraction of sp³-hybridized carbons (Fsp3) is 0.583. The Morgan fingerprint density at radius 1 is 0.941 bits per heavy atom. The van der Waals surface area contributed by atoms with Crippen LogP contribution < -0.4 is 15.2 Å². The van der Waals surface area contributed by atoms with Gasteiger partial charge in [-0.05, 0) is 36.5 Å². The number of ether oxygens (including phenoxy) is 5. The zero-order valence-electron chi connectivity index (χ0n) is 20.7. The zero-order chi connectivity index (χ0) is 25.9. The van der Waals surface area contributed by atoms with Crippen LogP contribution in [0.4, 0.5) is 4.79 Å². The molecule has 10 heteroatoms. The molecule has 0 fully saturated rings. The van der Waals surface area contributed by atoms with E-state index in [0.717, 1.165) is 0 Å². The maximum atomic E-state index is 12.3. The fourth-order valence-electron chi connectivity index (χ4n) is 2.39. The summed E-state index contributed by atoms with van der Waals surface area (Å²) in [5.74, 6) is -1.54. The molecule has 10 nitrogen and oxygen atoms in total. The van der Waals surface area contributed by atoms with Crippen molar-refractivity contribution in [1.29, 1.82) is 0 Å². The van der Waals surface area contributed by atoms with Gasteiger partial charge in [-0.25, -0.2) is 4.79 Å². The van der Waals surface area contributed by atoms with Crippen molar-refractivity contribution in [1.82, 2.24) is 0 Å². The highest BCUT2D eigenvalue weighted by Gasteiger charge is 2.22. The standard InChI is InChI=1S/C24H35NO9/c1-7-20(26)33-18-10-9-16(12-19(18)34-21(27)8-2)11-17(25)22(28)32-15(3)13-30-23(29)31-14-24(4,5)6/h9-10,12,15,17H,7-8,11,13-14,25H2,1-6H3/t15-,17-/m0/s1. The van der Waals surface area contributed by atoms with E-state index in [1.807, 2.05) is 20.8 Å². The van der Waals surface area contributed by atoms with Gasteiger partial charge in [0.2, 0.25) is 0 Å². The third-order valence-corrected chi connectivity index (χ3v) is 4.17. The Bertz CT molecular complexity index is 860. The van der Waals surface area contributed by atoms with Gasteiger partial charge in [-0.1, -0.05) is 40.7 Å². The number of esters is 3. The molecule has 190 valence electrons. The third kappa shape index (κ3) is 11.1. The first-order chi connectivity index (χ1) is 15.8. The predicted molar refractivity (Wildman–Crippen MR) is 122 cm³/mol. The van der Waals surface area contributed by atoms with Crippen LogP contribution >= 0.6 is 0 Å². The number of nitrogens with two attached hydrogens (primary N) is 1. The van der Waals surface area contributed by atoms with E-state index in [9.17, 15) is 19.2 Å². The molecule has 0 bridgehead atoms. The lowest BCUT2D eigenvalue weighted by Gasteiger charge is -2.19. The molecule has 0 aliphatic rings. The lowest BCUT2D eigenvalue weighted by Crippen LogP contribution is -2.37. The summed E-state index contributed by atoms with van der Waals surface area (Å²) in [6.07, 6.45) is -1.24. The van der Waals surface area contributed by atoms with Crippen molar-refractivity contribution in [3.63, 3.8) is 0 Å². The van der Waals surface area contributed by atoms with E-state index < -0.39 is 36.2 Å². The Morgan fingerprint density at radius 2 is 1.53 bits per heavy atom. The van der Waals surface area contributed by atoms with Gasteiger partial charge in [0, 0.05) is 12.8 Å². The summed E-state index contributed by atoms with van der Waals surface area (Å²) in [6, 6.07) is 3.52. The second kappa shape index (κ2) is 13.5. The average molecular weight is 482 g/mol. The molecule has 0 unspecified atom stereocenters. The summed E-state index contributed by atoms with van der Waals surface area (Å²) < 4.78 is 25.6. The van der Waals surface area contributed by atoms with Crippen LogP contribution in [0.5, 0.6) is 11.5 Å². The van der Waals surface area contributed by atoms with Crippen molar-refractivity contribution < 1.29 is 42.9 Å². The molecule has 1 aromatic carbocycles. The molecule has 0 heterocycles. The first kappa shape index (κ1) is 28.9. The smallest absolute Gasteiger partial charge is 0.458 e. The van der Waals surface area contributed by atoms with Crippen molar-refractivity contribution in [2.24, 2.45) is 11.1 Å². The lowest BCUT2D eigenvalue weighted by atomic mass is 9.99. The zero-order valence-corrected chi connectivity index (χ0v) is 20.7. The Balaban J connectivity index is 2.69. The molecule has 2 atom stereocenters. The molecule has 0 amide bonds. The molecule has 0 radical (unpaired) electrons. The van der Waals surface area contributed by atoms with Crippen molar-refractivity contribution in [3.05, 3.63) is 23.8 Å². The number of benzene rings is 1. The minimum Gasteiger partial charge on any atom is -0.458 e. The fourth-order valence-corrected chi connectivity index (χ4v) is 2.39. The first-order valence-electron chi connectivity index (χ1n) is 11.1. The van der Waals surface area contributed by atoms with E-state index in [4.69, 9.17) is 29.4 Å². The lowest BCUT2D eigenvalue weighted by molar-refractivity contribution is -0.152. The number of hydrogen-bond acceptors (Lipinski definition) is 10. The molecule has 0 saturated heterocycles. The van der Waals surface area contributed by atoms with Crippen molar-refractivity contribution in [2.75, 3.05) is 13.2 Å². The van der Waals surface area contributed by atoms with E-state index in [1.54, 1.807) is 26.8 Å². The molecule has 2 N–H and O–H groups in total. The van der Waals surface area contributed by atoms with Crippen molar-refractivity contribution in [2.45, 2.75) is 73.0 Å². The number of hydrogen-bond donors (Lipinski definition) is 1. The topological polar surface area (TPSA) is 140 Å². The Morgan fingerprint density at radius 3 is 2.09 bits per heavy atom. The van der Waals surface area contributed by atoms with Gasteiger partial charge in [0.05, 0.1) is 6.61 Å². The second-order valence-corrected chi connectivity index (χ2v) is 8.90. The van der Waals surface area contributed by atoms with Gasteiger partial charge in [0.25, 0.3) is 0 Å². The van der Waals surface area contributed by atoms with Crippen LogP contribution in [0, 0.1) is 5.41 Å². The molecule has 1 aromatic rings. The van der Waals surface area contributed by atoms with E-state index in [0.29, 0.717) is 5.56 Å². The van der Waals surface area contributed by atoms with Crippen molar-refractivity contribution >= 4 is 24.1 Å². The molecular formula is C24H35NO9. The minimum atomic E-state index is -1.03. The average Bonchev–Trinajstić information content (AvgIpc) is 2.77. The van der Waals surface area contributed by atoms with Crippen LogP contribution in [0.2, 0.25) is 0 Å². The molecular weight excluding hydrogens is 446 g/mol. The van der Waals surface area contributed by atoms with E-state index in [2.05, 4.69) is 0 Å². The van der Waals surface area contributed by atoms with Crippen LogP contribution in [0.3, 0.4) is 0 Å². The summed E-state index contributed by atoms with van der Waals surface area (Å²) >= 11 is 0. The van der Waals surface area contributed by atoms with Crippen LogP contribution in [-0.2, 0) is 35.0 Å². The maximum absolute atomic E-state index is 12.3. The first-order valence-corrected chi connectivity index (χ1v) is 11.1. The van der Waals surface area contributed by atoms with Gasteiger partial charge in [-0.15, -0.1) is 0 Å². The van der Waals surface area contributed by atoms with E-state index in [-0.39, 0.29) is 49.4 Å². The molecule has 1 rings (SSSR count). The number of rotatable bonds is 11. The van der Waals surface area contributed by atoms with Gasteiger partial charge < -0.3 is 29.4 Å². The summed E-state index contributed by atoms with van der Waals surface area (Å²) in [7, 11) is 0. The van der Waals surface area contributed by atoms with Crippen molar-refractivity contribution in [3.8, 4) is 11.5 Å². The summed E-state index contributed by atoms with van der Waals surface area (Å²) in [6.45, 7) is 10.6. The van der Waals surface area contributed by atoms with Gasteiger partial charge in [0.1, 0.15) is 18.8 Å². The third-order valence-electron chi connectivity index (χ3n) is 4.17. The monoisotopic (exact) mass is 481 g/mol. The highest BCUT2D eigenvalue weighted by molar-refractivity contribution is 5.77. The summed E-state index contributed by atoms with van der Waals surface area (Å²) in [5, 5.41) is 0. The Kier molecular flexibility index (Phi) is 11.5. The molecule has 0 saturated carbocycles. The van der Waals surface area contributed by atoms with Crippen LogP contribution in [0.1, 0.15) is 59.9 Å². The minimum absolute atomic E-state index is 0.0576. The summed E-state index contributed by atoms with van der Waals surface area (Å²) in [5.41, 5.74) is 6.33. The SMILES string of the molecule is CCC(=O)Oc1ccc(C[C@H](N)C(=O)O[C@@H](C)COC(=O)OCC(C)(C)C)cc1OC(=O)CC. The quantitative estimate of drug-likeness (QED) is 0.369. The van der Waals surface area contributed by atoms with Crippen LogP contribution in [0.25, 0.3) is 0 Å². The van der Waals surface area contributed by atoms with Gasteiger partial charge in [-0.3, -0.25) is 14.4 Å². The van der Waals surface area contributed by atoms with Gasteiger partial charge in [0.15, 0.2) is 11.5 Å². The van der Waals surface area contributed by atoms with Crippen LogP contribution in [0.15, 0.2) is 18.2 Å². The molecule has 0 spiro atoms. The highest BCUT2D eigenvalue weighted by Crippen LogP contribution is 2.30. The van der Waals surface area contributed by atoms with Crippen LogP contribution in [-0.4, -0.2) is 49.4 Å². The Hall–Kier alpha value is -3.14. The highest BCUT2D eigenvalue weighted by atomic mass is 16.7. The predicted octanol–water partition coefficient (Wildman–Crippen LogP) is 3.32. The normalized spacial score (nSPS) is 12.8. The Labute approximate surface area is 200 Å². The molecule has 0 aliphatic carbocycles. The maximum Gasteiger partial charge on any atom is 0.508 e. The molecule has 0 aromatic heterocycles. The largest absolute Gasteiger partial charge is 0.508 e. The molecule has 34 heavy (non-hydrogen) atoms. The molecule has 0 aliphatic heterocycles. The van der Waals surface area contributed by atoms with Gasteiger partial charge >= 0.3 is 24.1 Å². The summed E-state index contributed by atoms with van der Waals surface area (Å²) in [4.78, 5) is 47.3.